The molecule has 0 radical (unpaired) electrons. The summed E-state index contributed by atoms with van der Waals surface area (Å²) in [7, 11) is -2.80. The average Bonchev–Trinajstić information content (AvgIpc) is 3.05. The Morgan fingerprint density at radius 2 is 1.48 bits per heavy atom. The Morgan fingerprint density at radius 3 is 2.09 bits per heavy atom. The molecule has 2 amide bonds. The van der Waals surface area contributed by atoms with Crippen molar-refractivity contribution >= 4 is 50.7 Å². The van der Waals surface area contributed by atoms with E-state index in [1.165, 1.54) is 42.3 Å². The number of methoxy groups -OCH3 is 1. The van der Waals surface area contributed by atoms with Gasteiger partial charge in [-0.1, -0.05) is 78.7 Å². The van der Waals surface area contributed by atoms with E-state index in [-0.39, 0.29) is 35.5 Å². The van der Waals surface area contributed by atoms with Gasteiger partial charge in [0.05, 0.1) is 17.7 Å². The number of nitrogens with zero attached hydrogens (tertiary/aromatic N) is 2. The maximum Gasteiger partial charge on any atom is 0.264 e. The largest absolute Gasteiger partial charge is 0.497 e. The Labute approximate surface area is 280 Å². The maximum absolute atomic E-state index is 14.5. The molecule has 0 saturated heterocycles. The van der Waals surface area contributed by atoms with Crippen molar-refractivity contribution in [1.82, 2.24) is 10.2 Å². The first kappa shape index (κ1) is 34.8. The molecule has 4 aromatic carbocycles. The summed E-state index contributed by atoms with van der Waals surface area (Å²) < 4.78 is 34.5. The number of carbonyl (C=O) groups is 2. The molecule has 4 rings (SSSR count). The Kier molecular flexibility index (Phi) is 12.1. The third-order valence-corrected chi connectivity index (χ3v) is 9.79. The first-order valence-electron chi connectivity index (χ1n) is 14.8. The molecule has 11 heteroatoms. The first-order valence-corrected chi connectivity index (χ1v) is 17.0. The highest BCUT2D eigenvalue weighted by molar-refractivity contribution is 7.92. The van der Waals surface area contributed by atoms with Gasteiger partial charge in [0.2, 0.25) is 11.8 Å². The predicted octanol–water partition coefficient (Wildman–Crippen LogP) is 6.75. The summed E-state index contributed by atoms with van der Waals surface area (Å²) in [6, 6.07) is 27.4. The van der Waals surface area contributed by atoms with Crippen LogP contribution in [0.5, 0.6) is 5.75 Å². The standard InChI is InChI=1S/C35H37Cl2N3O5S/c1-4-25(2)38-35(42)33(21-26-10-6-5-7-11-26)39(23-27-12-8-13-28(36)20-27)34(41)24-40(30-15-9-14-29(37)22-30)46(43,44)32-18-16-31(45-3)17-19-32/h5-20,22,25,33H,4,21,23-24H2,1-3H3,(H,38,42)/t25-,33+/m0/s1. The highest BCUT2D eigenvalue weighted by Crippen LogP contribution is 2.28. The number of benzene rings is 4. The molecule has 4 aromatic rings. The van der Waals surface area contributed by atoms with E-state index in [0.29, 0.717) is 27.8 Å². The third kappa shape index (κ3) is 9.02. The molecule has 46 heavy (non-hydrogen) atoms. The van der Waals surface area contributed by atoms with Crippen molar-refractivity contribution in [2.45, 2.75) is 50.2 Å². The van der Waals surface area contributed by atoms with Crippen LogP contribution in [0.25, 0.3) is 0 Å². The molecule has 2 atom stereocenters. The van der Waals surface area contributed by atoms with Gasteiger partial charge in [-0.3, -0.25) is 13.9 Å². The van der Waals surface area contributed by atoms with Crippen molar-refractivity contribution in [3.63, 3.8) is 0 Å². The lowest BCUT2D eigenvalue weighted by Gasteiger charge is -2.34. The highest BCUT2D eigenvalue weighted by atomic mass is 35.5. The number of nitrogens with one attached hydrogen (secondary N) is 1. The van der Waals surface area contributed by atoms with Gasteiger partial charge in [0.15, 0.2) is 0 Å². The van der Waals surface area contributed by atoms with E-state index in [9.17, 15) is 18.0 Å². The van der Waals surface area contributed by atoms with Crippen LogP contribution in [0.1, 0.15) is 31.4 Å². The lowest BCUT2D eigenvalue weighted by atomic mass is 10.0. The number of ether oxygens (including phenoxy) is 1. The monoisotopic (exact) mass is 681 g/mol. The summed E-state index contributed by atoms with van der Waals surface area (Å²) >= 11 is 12.6. The topological polar surface area (TPSA) is 96.0 Å². The second-order valence-electron chi connectivity index (χ2n) is 10.8. The zero-order valence-electron chi connectivity index (χ0n) is 25.9. The molecule has 0 bridgehead atoms. The SMILES string of the molecule is CC[C@H](C)NC(=O)[C@@H](Cc1ccccc1)N(Cc1cccc(Cl)c1)C(=O)CN(c1cccc(Cl)c1)S(=O)(=O)c1ccc(OC)cc1. The molecule has 0 unspecified atom stereocenters. The number of hydrogen-bond donors (Lipinski definition) is 1. The highest BCUT2D eigenvalue weighted by Gasteiger charge is 2.35. The fourth-order valence-corrected chi connectivity index (χ4v) is 6.67. The quantitative estimate of drug-likeness (QED) is 0.159. The molecule has 0 heterocycles. The van der Waals surface area contributed by atoms with Gasteiger partial charge in [-0.05, 0) is 79.1 Å². The number of amides is 2. The molecular weight excluding hydrogens is 645 g/mol. The van der Waals surface area contributed by atoms with Gasteiger partial charge < -0.3 is 15.0 Å². The van der Waals surface area contributed by atoms with Gasteiger partial charge in [-0.25, -0.2) is 8.42 Å². The number of anilines is 1. The fraction of sp³-hybridized carbons (Fsp3) is 0.257. The van der Waals surface area contributed by atoms with Crippen LogP contribution in [0.3, 0.4) is 0 Å². The van der Waals surface area contributed by atoms with E-state index in [0.717, 1.165) is 9.87 Å². The molecule has 0 aliphatic rings. The van der Waals surface area contributed by atoms with Crippen LogP contribution < -0.4 is 14.4 Å². The Hall–Kier alpha value is -4.05. The molecular formula is C35H37Cl2N3O5S. The molecule has 0 saturated carbocycles. The zero-order chi connectivity index (χ0) is 33.3. The third-order valence-electron chi connectivity index (χ3n) is 7.54. The van der Waals surface area contributed by atoms with Crippen molar-refractivity contribution in [2.75, 3.05) is 18.0 Å². The van der Waals surface area contributed by atoms with Crippen LogP contribution in [0.15, 0.2) is 108 Å². The summed E-state index contributed by atoms with van der Waals surface area (Å²) in [5.41, 5.74) is 1.72. The second kappa shape index (κ2) is 16.0. The number of halogens is 2. The van der Waals surface area contributed by atoms with Crippen molar-refractivity contribution in [3.8, 4) is 5.75 Å². The number of rotatable bonds is 14. The van der Waals surface area contributed by atoms with E-state index in [2.05, 4.69) is 5.32 Å². The van der Waals surface area contributed by atoms with Crippen molar-refractivity contribution < 1.29 is 22.7 Å². The van der Waals surface area contributed by atoms with Crippen LogP contribution in [-0.4, -0.2) is 50.9 Å². The van der Waals surface area contributed by atoms with Crippen molar-refractivity contribution in [3.05, 3.63) is 124 Å². The van der Waals surface area contributed by atoms with Crippen LogP contribution >= 0.6 is 23.2 Å². The van der Waals surface area contributed by atoms with E-state index in [1.54, 1.807) is 42.5 Å². The Bertz CT molecular complexity index is 1740. The smallest absolute Gasteiger partial charge is 0.264 e. The maximum atomic E-state index is 14.5. The van der Waals surface area contributed by atoms with Crippen LogP contribution in [-0.2, 0) is 32.6 Å². The number of sulfonamides is 1. The van der Waals surface area contributed by atoms with Crippen molar-refractivity contribution in [1.29, 1.82) is 0 Å². The molecule has 0 aliphatic carbocycles. The lowest BCUT2D eigenvalue weighted by Crippen LogP contribution is -2.54. The number of hydrogen-bond acceptors (Lipinski definition) is 5. The lowest BCUT2D eigenvalue weighted by molar-refractivity contribution is -0.140. The normalized spacial score (nSPS) is 12.5. The van der Waals surface area contributed by atoms with Gasteiger partial charge in [0.25, 0.3) is 10.0 Å². The van der Waals surface area contributed by atoms with Gasteiger partial charge in [0, 0.05) is 29.1 Å². The zero-order valence-corrected chi connectivity index (χ0v) is 28.2. The van der Waals surface area contributed by atoms with Gasteiger partial charge >= 0.3 is 0 Å². The van der Waals surface area contributed by atoms with Gasteiger partial charge in [0.1, 0.15) is 18.3 Å². The second-order valence-corrected chi connectivity index (χ2v) is 13.6. The molecule has 1 N–H and O–H groups in total. The van der Waals surface area contributed by atoms with E-state index in [4.69, 9.17) is 27.9 Å². The average molecular weight is 683 g/mol. The molecule has 8 nitrogen and oxygen atoms in total. The molecule has 0 spiro atoms. The minimum absolute atomic E-state index is 0.0107. The number of carbonyl (C=O) groups excluding carboxylic acids is 2. The van der Waals surface area contributed by atoms with E-state index in [1.807, 2.05) is 44.2 Å². The Morgan fingerprint density at radius 1 is 0.848 bits per heavy atom. The van der Waals surface area contributed by atoms with E-state index < -0.39 is 28.5 Å². The van der Waals surface area contributed by atoms with Crippen LogP contribution in [0.4, 0.5) is 5.69 Å². The fourth-order valence-electron chi connectivity index (χ4n) is 4.86. The first-order chi connectivity index (χ1) is 22.0. The molecule has 0 aromatic heterocycles. The molecule has 0 fully saturated rings. The van der Waals surface area contributed by atoms with Crippen LogP contribution in [0, 0.1) is 0 Å². The van der Waals surface area contributed by atoms with E-state index >= 15 is 0 Å². The van der Waals surface area contributed by atoms with Crippen LogP contribution in [0.2, 0.25) is 10.0 Å². The Balaban J connectivity index is 1.81. The summed E-state index contributed by atoms with van der Waals surface area (Å²) in [5.74, 6) is -0.453. The summed E-state index contributed by atoms with van der Waals surface area (Å²) in [4.78, 5) is 29.8. The van der Waals surface area contributed by atoms with Crippen molar-refractivity contribution in [2.24, 2.45) is 0 Å². The summed E-state index contributed by atoms with van der Waals surface area (Å²) in [6.45, 7) is 3.26. The molecule has 0 aliphatic heterocycles. The minimum Gasteiger partial charge on any atom is -0.497 e. The predicted molar refractivity (Wildman–Crippen MR) is 183 cm³/mol. The van der Waals surface area contributed by atoms with Gasteiger partial charge in [-0.2, -0.15) is 0 Å². The molecule has 242 valence electrons. The summed E-state index contributed by atoms with van der Waals surface area (Å²) in [6.07, 6.45) is 0.895. The minimum atomic E-state index is -4.28. The summed E-state index contributed by atoms with van der Waals surface area (Å²) in [5, 5.41) is 3.79. The van der Waals surface area contributed by atoms with Gasteiger partial charge in [-0.15, -0.1) is 0 Å².